The molecule has 4 aromatic rings. The van der Waals surface area contributed by atoms with Gasteiger partial charge in [-0.1, -0.05) is 29.0 Å². The number of aliphatic carboxylic acids is 1. The number of carbonyl (C=O) groups is 5. The van der Waals surface area contributed by atoms with Gasteiger partial charge < -0.3 is 80.2 Å². The number of nitrogens with one attached hydrogen (secondary N) is 3. The van der Waals surface area contributed by atoms with Crippen molar-refractivity contribution < 1.29 is 105 Å². The van der Waals surface area contributed by atoms with E-state index in [-0.39, 0.29) is 133 Å². The molecule has 2 aromatic heterocycles. The Morgan fingerprint density at radius 3 is 2.23 bits per heavy atom. The number of carboxylic acids is 1. The molecule has 13 N–H and O–H groups in total. The maximum Gasteiger partial charge on any atom is 0.335 e. The van der Waals surface area contributed by atoms with E-state index in [0.717, 1.165) is 4.90 Å². The maximum absolute atomic E-state index is 15.2. The number of fused-ring (bicyclic) bond motifs is 1. The first-order valence-corrected chi connectivity index (χ1v) is 28.5. The number of aliphatic hydroxyl groups excluding tert-OH is 5. The predicted octanol–water partition coefficient (Wildman–Crippen LogP) is -2.17. The molecular formula is C50H59Br2FN9O20S+. The Balaban J connectivity index is 1.06. The normalized spacial score (nSPS) is 22.7. The predicted molar refractivity (Wildman–Crippen MR) is 290 cm³/mol. The molecule has 3 aliphatic heterocycles. The number of hydrogen-bond acceptors (Lipinski definition) is 21. The fraction of sp³-hybridized carbons (Fsp3) is 0.460. The third-order valence-corrected chi connectivity index (χ3v) is 15.3. The van der Waals surface area contributed by atoms with Crippen LogP contribution in [-0.2, 0) is 64.4 Å². The van der Waals surface area contributed by atoms with Crippen LogP contribution in [0.1, 0.15) is 42.7 Å². The van der Waals surface area contributed by atoms with Gasteiger partial charge in [0.05, 0.1) is 76.8 Å². The number of imide groups is 1. The van der Waals surface area contributed by atoms with Gasteiger partial charge >= 0.3 is 5.97 Å². The van der Waals surface area contributed by atoms with Crippen molar-refractivity contribution in [1.82, 2.24) is 24.5 Å². The molecule has 450 valence electrons. The van der Waals surface area contributed by atoms with E-state index in [1.165, 1.54) is 58.1 Å². The van der Waals surface area contributed by atoms with E-state index in [0.29, 0.717) is 5.56 Å². The van der Waals surface area contributed by atoms with Crippen molar-refractivity contribution in [3.63, 3.8) is 0 Å². The molecule has 29 nitrogen and oxygen atoms in total. The highest BCUT2D eigenvalue weighted by Gasteiger charge is 2.49. The minimum absolute atomic E-state index is 0.0116. The fourth-order valence-corrected chi connectivity index (χ4v) is 9.78. The summed E-state index contributed by atoms with van der Waals surface area (Å²) >= 11 is 6.12. The highest BCUT2D eigenvalue weighted by atomic mass is 79.9. The van der Waals surface area contributed by atoms with E-state index in [2.05, 4.69) is 59.3 Å². The second kappa shape index (κ2) is 29.0. The van der Waals surface area contributed by atoms with Crippen molar-refractivity contribution in [2.24, 2.45) is 5.14 Å². The summed E-state index contributed by atoms with van der Waals surface area (Å²) in [5.74, 6) is 1.02. The molecule has 0 spiro atoms. The monoisotopic (exact) mass is 1310 g/mol. The van der Waals surface area contributed by atoms with Gasteiger partial charge in [0, 0.05) is 25.9 Å². The zero-order valence-corrected chi connectivity index (χ0v) is 47.9. The minimum Gasteiger partial charge on any atom is -0.492 e. The number of benzene rings is 2. The molecular weight excluding hydrogens is 1260 g/mol. The molecule has 2 saturated heterocycles. The van der Waals surface area contributed by atoms with Gasteiger partial charge in [-0.3, -0.25) is 24.1 Å². The summed E-state index contributed by atoms with van der Waals surface area (Å²) in [5.41, 5.74) is 6.90. The van der Waals surface area contributed by atoms with Crippen LogP contribution >= 0.6 is 31.9 Å². The first kappa shape index (κ1) is 64.2. The van der Waals surface area contributed by atoms with Crippen molar-refractivity contribution in [3.05, 3.63) is 80.4 Å². The summed E-state index contributed by atoms with van der Waals surface area (Å²) in [5, 5.41) is 74.3. The van der Waals surface area contributed by atoms with Crippen LogP contribution in [0.5, 0.6) is 11.5 Å². The van der Waals surface area contributed by atoms with Crippen LogP contribution < -0.4 is 40.3 Å². The van der Waals surface area contributed by atoms with Crippen LogP contribution in [0.15, 0.2) is 57.9 Å². The zero-order chi connectivity index (χ0) is 60.3. The topological polar surface area (TPSA) is 419 Å². The van der Waals surface area contributed by atoms with Crippen LogP contribution in [0.4, 0.5) is 15.9 Å². The fourth-order valence-electron chi connectivity index (χ4n) is 8.62. The smallest absolute Gasteiger partial charge is 0.335 e. The Morgan fingerprint density at radius 2 is 1.55 bits per heavy atom. The quantitative estimate of drug-likeness (QED) is 0.0131. The second-order valence-electron chi connectivity index (χ2n) is 18.5. The Labute approximate surface area is 489 Å². The largest absolute Gasteiger partial charge is 0.492 e. The van der Waals surface area contributed by atoms with Crippen molar-refractivity contribution in [3.8, 4) is 23.3 Å². The maximum atomic E-state index is 15.2. The summed E-state index contributed by atoms with van der Waals surface area (Å²) in [6.45, 7) is 1.86. The van der Waals surface area contributed by atoms with Gasteiger partial charge in [0.2, 0.25) is 42.1 Å². The number of hydrogen-bond donors (Lipinski definition) is 11. The molecule has 2 fully saturated rings. The molecule has 3 aliphatic rings. The number of carboxylic acid groups (broad SMARTS) is 1. The highest BCUT2D eigenvalue weighted by Crippen LogP contribution is 2.36. The lowest BCUT2D eigenvalue weighted by molar-refractivity contribution is -0.668. The summed E-state index contributed by atoms with van der Waals surface area (Å²) < 4.78 is 83.1. The summed E-state index contributed by atoms with van der Waals surface area (Å²) in [6.07, 6.45) is -13.9. The third-order valence-electron chi connectivity index (χ3n) is 12.7. The van der Waals surface area contributed by atoms with E-state index in [4.69, 9.17) is 44.0 Å². The first-order valence-electron chi connectivity index (χ1n) is 25.3. The van der Waals surface area contributed by atoms with Gasteiger partial charge in [0.25, 0.3) is 22.0 Å². The molecule has 9 atom stereocenters. The lowest BCUT2D eigenvalue weighted by atomic mass is 9.99. The number of amides is 4. The minimum atomic E-state index is -4.27. The molecule has 0 bridgehead atoms. The van der Waals surface area contributed by atoms with Crippen LogP contribution in [0.2, 0.25) is 0 Å². The van der Waals surface area contributed by atoms with Crippen LogP contribution in [0, 0.1) is 17.7 Å². The van der Waals surface area contributed by atoms with E-state index in [9.17, 15) is 63.0 Å². The number of aromatic nitrogens is 3. The van der Waals surface area contributed by atoms with E-state index >= 15 is 4.39 Å². The molecule has 4 amide bonds. The average molecular weight is 1320 g/mol. The molecule has 7 rings (SSSR count). The van der Waals surface area contributed by atoms with E-state index in [1.54, 1.807) is 6.92 Å². The number of carbonyl (C=O) groups excluding carboxylic acids is 4. The molecule has 5 heterocycles. The van der Waals surface area contributed by atoms with Crippen molar-refractivity contribution in [1.29, 1.82) is 0 Å². The summed E-state index contributed by atoms with van der Waals surface area (Å²) in [6, 6.07) is 8.34. The first-order chi connectivity index (χ1) is 39.5. The third kappa shape index (κ3) is 16.1. The zero-order valence-electron chi connectivity index (χ0n) is 43.9. The lowest BCUT2D eigenvalue weighted by Gasteiger charge is -2.38. The molecule has 83 heavy (non-hydrogen) atoms. The Hall–Kier alpha value is -6.33. The number of nitrogens with two attached hydrogens (primary N) is 2. The number of rotatable bonds is 27. The lowest BCUT2D eigenvalue weighted by Crippen LogP contribution is -2.61. The number of nitrogens with zero attached hydrogens (tertiary/aromatic N) is 4. The van der Waals surface area contributed by atoms with Gasteiger partial charge in [-0.05, 0) is 68.6 Å². The summed E-state index contributed by atoms with van der Waals surface area (Å²) in [7, 11) is -4.27. The second-order valence-corrected chi connectivity index (χ2v) is 21.4. The standard InChI is InChI=1S/C50H58Br2FN9O20S/c1-2-79-30-5-3-4-28(53)27(30)8-7-26-23-62(48-41(68)38(65)32(80-48)21-58-83(55,74)75)45-35(26)44(54)57-24-60(45)22-25-6-9-31(81-50-42(69)39(66)40(67)43(82-50)49(72)73)29(20-25)59-34(64)10-12-56-33(63)11-14-76-16-18-78-19-17-77-15-13-61-46(70)36(51)37(52)47(61)71/h3-6,9,20,23-24,32,38-43,48,50,54,58,65-69H,2,10-19,21-22H2,1H3,(H5,55,56,59,63,64,72,73,74,75)/p+1/t32-,38-,39+,40+,41-,42-,43+,48-,50-/m1/s1. The van der Waals surface area contributed by atoms with Crippen LogP contribution in [0.25, 0.3) is 11.0 Å². The number of nitrogen functional groups attached to an aromatic ring is 1. The Kier molecular flexibility index (Phi) is 22.4. The molecule has 0 unspecified atom stereocenters. The number of halogens is 3. The van der Waals surface area contributed by atoms with E-state index < -0.39 is 107 Å². The van der Waals surface area contributed by atoms with Crippen molar-refractivity contribution in [2.45, 2.75) is 81.6 Å². The van der Waals surface area contributed by atoms with Crippen LogP contribution in [0.3, 0.4) is 0 Å². The molecule has 0 aliphatic carbocycles. The van der Waals surface area contributed by atoms with E-state index in [1.807, 2.05) is 4.72 Å². The molecule has 2 aromatic carbocycles. The van der Waals surface area contributed by atoms with Crippen LogP contribution in [-0.4, -0.2) is 198 Å². The molecule has 0 radical (unpaired) electrons. The molecule has 33 heteroatoms. The number of aliphatic hydroxyl groups is 5. The van der Waals surface area contributed by atoms with Gasteiger partial charge in [-0.2, -0.15) is 13.1 Å². The van der Waals surface area contributed by atoms with Gasteiger partial charge in [-0.15, -0.1) is 0 Å². The van der Waals surface area contributed by atoms with Crippen molar-refractivity contribution >= 4 is 94.2 Å². The molecule has 0 saturated carbocycles. The Bertz CT molecular complexity index is 3250. The summed E-state index contributed by atoms with van der Waals surface area (Å²) in [4.78, 5) is 67.7. The number of ether oxygens (including phenoxy) is 7. The van der Waals surface area contributed by atoms with Gasteiger partial charge in [0.15, 0.2) is 6.10 Å². The highest BCUT2D eigenvalue weighted by molar-refractivity contribution is 9.14. The number of anilines is 2. The van der Waals surface area contributed by atoms with Gasteiger partial charge in [0.1, 0.15) is 73.9 Å². The Morgan fingerprint density at radius 1 is 0.867 bits per heavy atom. The average Bonchev–Trinajstić information content (AvgIpc) is 3.49. The van der Waals surface area contributed by atoms with Crippen molar-refractivity contribution in [2.75, 3.05) is 76.9 Å². The van der Waals surface area contributed by atoms with Gasteiger partial charge in [-0.25, -0.2) is 23.5 Å². The SMILES string of the molecule is CCOc1cccc(F)c1C#Cc1cn([C@@H]2O[C@H](CNS(N)(=O)=O)[C@@H](O)[C@H]2O)c2c1c(N)nc[n+]2Cc1ccc(O[C@@H]2O[C@H](C(=O)O)[C@@H](O)[C@H](O)[C@H]2O)c(NC(=O)CCNC(=O)CCOCCOCCOCCN2C(=O)C(Br)=C(Br)C2=O)c1.